The fourth-order valence-electron chi connectivity index (χ4n) is 5.68. The van der Waals surface area contributed by atoms with Crippen LogP contribution in [0.4, 0.5) is 10.5 Å². The minimum Gasteiger partial charge on any atom is -0.443 e. The van der Waals surface area contributed by atoms with E-state index in [1.165, 1.54) is 10.4 Å². The van der Waals surface area contributed by atoms with Gasteiger partial charge in [-0.1, -0.05) is 50.2 Å². The number of nitrogens with one attached hydrogen (secondary N) is 2. The lowest BCUT2D eigenvalue weighted by Gasteiger charge is -2.35. The number of rotatable bonds is 15. The molecule has 0 unspecified atom stereocenters. The Balaban J connectivity index is 1.58. The smallest absolute Gasteiger partial charge is 0.407 e. The Labute approximate surface area is 260 Å². The average molecular weight is 629 g/mol. The summed E-state index contributed by atoms with van der Waals surface area (Å²) >= 11 is 0. The number of fused-ring (bicyclic) bond motifs is 1. The fourth-order valence-corrected chi connectivity index (χ4v) is 7.37. The molecule has 2 aromatic carbocycles. The summed E-state index contributed by atoms with van der Waals surface area (Å²) in [6, 6.07) is 17.2. The second kappa shape index (κ2) is 15.2. The third-order valence-corrected chi connectivity index (χ3v) is 9.88. The SMILES string of the molecule is CCNc1cccc(S(=O)(=O)N(C[C@@H](O)[C@H](Cc2ccccc2)NC(=O)O[C@H]2CO[C@H]3OCC[C@H]32)CC(C)(C)CCC#N)c1. The molecule has 3 N–H and O–H groups in total. The topological polar surface area (TPSA) is 150 Å². The molecule has 2 aliphatic rings. The van der Waals surface area contributed by atoms with Crippen LogP contribution in [0.25, 0.3) is 0 Å². The molecule has 44 heavy (non-hydrogen) atoms. The van der Waals surface area contributed by atoms with Crippen molar-refractivity contribution in [3.8, 4) is 6.07 Å². The number of nitriles is 1. The maximum Gasteiger partial charge on any atom is 0.407 e. The van der Waals surface area contributed by atoms with Crippen molar-refractivity contribution in [2.75, 3.05) is 38.2 Å². The van der Waals surface area contributed by atoms with Crippen LogP contribution in [0, 0.1) is 22.7 Å². The van der Waals surface area contributed by atoms with Gasteiger partial charge < -0.3 is 30.0 Å². The Kier molecular flexibility index (Phi) is 11.6. The second-order valence-electron chi connectivity index (χ2n) is 12.2. The van der Waals surface area contributed by atoms with Gasteiger partial charge in [0.2, 0.25) is 10.0 Å². The zero-order valence-corrected chi connectivity index (χ0v) is 26.5. The first-order valence-corrected chi connectivity index (χ1v) is 16.6. The van der Waals surface area contributed by atoms with Crippen LogP contribution in [0.2, 0.25) is 0 Å². The molecular weight excluding hydrogens is 584 g/mol. The highest BCUT2D eigenvalue weighted by atomic mass is 32.2. The minimum absolute atomic E-state index is 0.0486. The first-order chi connectivity index (χ1) is 21.0. The molecule has 2 saturated heterocycles. The highest BCUT2D eigenvalue weighted by Gasteiger charge is 2.44. The Morgan fingerprint density at radius 3 is 2.70 bits per heavy atom. The van der Waals surface area contributed by atoms with E-state index in [-0.39, 0.29) is 49.6 Å². The molecule has 12 heteroatoms. The van der Waals surface area contributed by atoms with E-state index < -0.39 is 39.8 Å². The second-order valence-corrected chi connectivity index (χ2v) is 14.1. The van der Waals surface area contributed by atoms with Crippen LogP contribution < -0.4 is 10.6 Å². The lowest BCUT2D eigenvalue weighted by atomic mass is 9.88. The number of hydrogen-bond acceptors (Lipinski definition) is 9. The molecule has 2 heterocycles. The van der Waals surface area contributed by atoms with E-state index in [4.69, 9.17) is 14.2 Å². The predicted octanol–water partition coefficient (Wildman–Crippen LogP) is 3.90. The van der Waals surface area contributed by atoms with Crippen LogP contribution in [0.5, 0.6) is 0 Å². The Morgan fingerprint density at radius 2 is 1.98 bits per heavy atom. The van der Waals surface area contributed by atoms with E-state index in [0.29, 0.717) is 25.3 Å². The standard InChI is InChI=1S/C32H44N4O7S/c1-4-34-24-12-8-13-25(19-24)44(39,40)36(22-32(2,3)15-9-16-33)20-28(37)27(18-23-10-6-5-7-11-23)35-31(38)43-29-21-42-30-26(29)14-17-41-30/h5-8,10-13,19,26-30,34,37H,4,9,14-15,17-18,20-22H2,1-3H3,(H,35,38)/t26-,27-,28+,29-,30+/m0/s1. The normalized spacial score (nSPS) is 21.3. The first kappa shape index (κ1) is 33.7. The number of anilines is 1. The third-order valence-electron chi connectivity index (χ3n) is 8.07. The molecule has 0 spiro atoms. The molecular formula is C32H44N4O7S. The van der Waals surface area contributed by atoms with E-state index in [9.17, 15) is 23.6 Å². The number of alkyl carbamates (subject to hydrolysis) is 1. The van der Waals surface area contributed by atoms with Gasteiger partial charge in [0.1, 0.15) is 6.10 Å². The molecule has 4 rings (SSSR count). The van der Waals surface area contributed by atoms with Gasteiger partial charge in [0.05, 0.1) is 42.2 Å². The molecule has 0 bridgehead atoms. The number of sulfonamides is 1. The number of benzene rings is 2. The maximum atomic E-state index is 14.1. The molecule has 2 fully saturated rings. The summed E-state index contributed by atoms with van der Waals surface area (Å²) < 4.78 is 46.3. The van der Waals surface area contributed by atoms with Gasteiger partial charge >= 0.3 is 6.09 Å². The summed E-state index contributed by atoms with van der Waals surface area (Å²) in [4.78, 5) is 13.2. The molecule has 0 radical (unpaired) electrons. The van der Waals surface area contributed by atoms with E-state index >= 15 is 0 Å². The number of amides is 1. The number of aliphatic hydroxyl groups excluding tert-OH is 1. The van der Waals surface area contributed by atoms with Crippen LogP contribution in [-0.4, -0.2) is 81.3 Å². The maximum absolute atomic E-state index is 14.1. The number of aliphatic hydroxyl groups is 1. The van der Waals surface area contributed by atoms with Gasteiger partial charge in [0.15, 0.2) is 6.29 Å². The average Bonchev–Trinajstić information content (AvgIpc) is 3.61. The van der Waals surface area contributed by atoms with E-state index in [1.807, 2.05) is 51.1 Å². The molecule has 2 aromatic rings. The van der Waals surface area contributed by atoms with Crippen molar-refractivity contribution >= 4 is 21.8 Å². The van der Waals surface area contributed by atoms with E-state index in [2.05, 4.69) is 16.7 Å². The summed E-state index contributed by atoms with van der Waals surface area (Å²) in [7, 11) is -4.08. The highest BCUT2D eigenvalue weighted by Crippen LogP contribution is 2.33. The molecule has 2 aliphatic heterocycles. The summed E-state index contributed by atoms with van der Waals surface area (Å²) in [6.45, 7) is 6.88. The van der Waals surface area contributed by atoms with Crippen LogP contribution in [0.1, 0.15) is 45.6 Å². The predicted molar refractivity (Wildman–Crippen MR) is 165 cm³/mol. The van der Waals surface area contributed by atoms with Crippen molar-refractivity contribution in [2.45, 2.75) is 75.9 Å². The van der Waals surface area contributed by atoms with Gasteiger partial charge in [0.25, 0.3) is 0 Å². The van der Waals surface area contributed by atoms with Gasteiger partial charge in [-0.2, -0.15) is 9.57 Å². The van der Waals surface area contributed by atoms with E-state index in [0.717, 1.165) is 12.0 Å². The van der Waals surface area contributed by atoms with Crippen molar-refractivity contribution in [3.63, 3.8) is 0 Å². The van der Waals surface area contributed by atoms with Crippen molar-refractivity contribution in [3.05, 3.63) is 60.2 Å². The first-order valence-electron chi connectivity index (χ1n) is 15.2. The molecule has 0 saturated carbocycles. The van der Waals surface area contributed by atoms with Gasteiger partial charge in [0, 0.05) is 31.7 Å². The number of carbonyl (C=O) groups excluding carboxylic acids is 1. The fraction of sp³-hybridized carbons (Fsp3) is 0.562. The number of ether oxygens (including phenoxy) is 3. The number of carbonyl (C=O) groups is 1. The molecule has 0 aliphatic carbocycles. The van der Waals surface area contributed by atoms with Gasteiger partial charge in [-0.25, -0.2) is 13.2 Å². The molecule has 240 valence electrons. The Hall–Kier alpha value is -3.21. The Bertz CT molecular complexity index is 1380. The molecule has 5 atom stereocenters. The van der Waals surface area contributed by atoms with Crippen molar-refractivity contribution in [1.29, 1.82) is 5.26 Å². The lowest BCUT2D eigenvalue weighted by Crippen LogP contribution is -2.52. The van der Waals surface area contributed by atoms with Gasteiger partial charge in [-0.15, -0.1) is 0 Å². The van der Waals surface area contributed by atoms with Crippen LogP contribution in [-0.2, 0) is 30.7 Å². The summed E-state index contributed by atoms with van der Waals surface area (Å²) in [5.74, 6) is -0.0486. The van der Waals surface area contributed by atoms with Crippen molar-refractivity contribution in [2.24, 2.45) is 11.3 Å². The van der Waals surface area contributed by atoms with Crippen LogP contribution in [0.15, 0.2) is 59.5 Å². The van der Waals surface area contributed by atoms with Crippen molar-refractivity contribution < 1.29 is 32.5 Å². The van der Waals surface area contributed by atoms with Crippen molar-refractivity contribution in [1.82, 2.24) is 9.62 Å². The van der Waals surface area contributed by atoms with E-state index in [1.54, 1.807) is 18.2 Å². The minimum atomic E-state index is -4.08. The van der Waals surface area contributed by atoms with Crippen LogP contribution >= 0.6 is 0 Å². The Morgan fingerprint density at radius 1 is 1.20 bits per heavy atom. The molecule has 1 amide bonds. The summed E-state index contributed by atoms with van der Waals surface area (Å²) in [6.07, 6.45) is -1.15. The monoisotopic (exact) mass is 628 g/mol. The number of hydrogen-bond donors (Lipinski definition) is 3. The largest absolute Gasteiger partial charge is 0.443 e. The third kappa shape index (κ3) is 8.92. The summed E-state index contributed by atoms with van der Waals surface area (Å²) in [5, 5.41) is 26.8. The zero-order chi connectivity index (χ0) is 31.7. The quantitative estimate of drug-likeness (QED) is 0.267. The number of nitrogens with zero attached hydrogens (tertiary/aromatic N) is 2. The van der Waals surface area contributed by atoms with Crippen LogP contribution in [0.3, 0.4) is 0 Å². The van der Waals surface area contributed by atoms with Gasteiger partial charge in [-0.3, -0.25) is 0 Å². The summed E-state index contributed by atoms with van der Waals surface area (Å²) in [5.41, 5.74) is 0.952. The van der Waals surface area contributed by atoms with Gasteiger partial charge in [-0.05, 0) is 55.4 Å². The highest BCUT2D eigenvalue weighted by molar-refractivity contribution is 7.89. The molecule has 0 aromatic heterocycles. The molecule has 11 nitrogen and oxygen atoms in total. The lowest BCUT2D eigenvalue weighted by molar-refractivity contribution is -0.0907. The zero-order valence-electron chi connectivity index (χ0n) is 25.6.